The van der Waals surface area contributed by atoms with Crippen LogP contribution >= 0.6 is 13.5 Å². The van der Waals surface area contributed by atoms with Crippen molar-refractivity contribution in [3.8, 4) is 34.1 Å². The number of ether oxygens (including phenoxy) is 8. The molecule has 0 radical (unpaired) electrons. The Labute approximate surface area is 798 Å². The van der Waals surface area contributed by atoms with Crippen molar-refractivity contribution in [2.75, 3.05) is 34.0 Å². The summed E-state index contributed by atoms with van der Waals surface area (Å²) < 4.78 is 64.4. The molecule has 736 valence electrons. The number of amides is 6. The Morgan fingerprint density at radius 3 is 1.67 bits per heavy atom. The molecule has 27 nitrogen and oxygen atoms in total. The van der Waals surface area contributed by atoms with Crippen molar-refractivity contribution in [2.45, 2.75) is 318 Å². The topological polar surface area (TPSA) is 405 Å². The number of halogens is 1. The van der Waals surface area contributed by atoms with Gasteiger partial charge in [0.2, 0.25) is 29.5 Å². The fourth-order valence-corrected chi connectivity index (χ4v) is 16.1. The van der Waals surface area contributed by atoms with Crippen LogP contribution in [0.15, 0.2) is 127 Å². The number of nitrogens with two attached hydrogens (primary N) is 3. The lowest BCUT2D eigenvalue weighted by Crippen LogP contribution is -2.57. The number of primary amides is 2. The molecule has 1 unspecified atom stereocenters. The van der Waals surface area contributed by atoms with E-state index in [-0.39, 0.29) is 70.0 Å². The first-order valence-electron chi connectivity index (χ1n) is 46.3. The molecule has 0 saturated heterocycles. The van der Waals surface area contributed by atoms with Gasteiger partial charge in [0.1, 0.15) is 52.3 Å². The Morgan fingerprint density at radius 2 is 1.10 bits per heavy atom. The van der Waals surface area contributed by atoms with Crippen LogP contribution in [-0.2, 0) is 102 Å². The van der Waals surface area contributed by atoms with E-state index in [0.29, 0.717) is 59.8 Å². The Kier molecular flexibility index (Phi) is 45.0. The van der Waals surface area contributed by atoms with Crippen molar-refractivity contribution in [2.24, 2.45) is 34.5 Å². The van der Waals surface area contributed by atoms with Crippen molar-refractivity contribution in [3.05, 3.63) is 178 Å². The average molecular weight is 1880 g/mol. The van der Waals surface area contributed by atoms with Crippen LogP contribution in [0.3, 0.4) is 0 Å². The molecular formula is C105H148FN7O20S. The molecule has 0 heterocycles. The Balaban J connectivity index is 0.0000317. The standard InChI is InChI=1S/C105H146FN7O20.H2S/c1-22-24-27-49-128-78-42-43-79(70(23-2)54-78)71-35-33-68(34-36-71)53-74(98(123)110-84(32-28-29-69-51-64(3)50-65(4)52-69)88(116)58-81(80-44-41-77(126-20)57-91(80)127-21)72-37-39-76(40-38-72)129-63-93(109)120)55-87(115)85(59-95(122)133-104(16,17)18)111-99(124)75(62-130-101(7,8)9)56-89(117)96(66(5)131-102(10,11)12)113-100(125)105(19,60-73-30-25-26-31-82(73)106)61-90(118)97(67(6)132-103(13,14)15)112-94(121)48-46-86(114)83(107)45-47-92(108)119;/h25-26,30-31,33-44,50-52,54,57,66-67,74-75,81,83-85,96-97H,22-24,27-29,32,45-49,53,55-56,58-63,107H2,1-21H3,(H2,108,119)(H2,109,120)(H,110,123)(H,111,124)(H,112,121)(H,113,125);1H2/t66-,67-,74-,75+,81?,83+,84+,85+,96+,97+,105-;/m1./s1. The quantitative estimate of drug-likeness (QED) is 0.0138. The van der Waals surface area contributed by atoms with Gasteiger partial charge in [-0.05, 0) is 237 Å². The maximum absolute atomic E-state index is 16.1. The summed E-state index contributed by atoms with van der Waals surface area (Å²) in [6.45, 7) is 32.7. The minimum atomic E-state index is -1.98. The highest BCUT2D eigenvalue weighted by molar-refractivity contribution is 7.59. The monoisotopic (exact) mass is 1880 g/mol. The highest BCUT2D eigenvalue weighted by Gasteiger charge is 2.45. The van der Waals surface area contributed by atoms with Gasteiger partial charge in [-0.2, -0.15) is 13.5 Å². The van der Waals surface area contributed by atoms with Crippen LogP contribution in [-0.4, -0.2) is 169 Å². The first-order chi connectivity index (χ1) is 62.3. The first-order valence-corrected chi connectivity index (χ1v) is 46.3. The summed E-state index contributed by atoms with van der Waals surface area (Å²) in [4.78, 5) is 175. The molecule has 0 aliphatic heterocycles. The SMILES string of the molecule is CCCCCOc1ccc(-c2ccc(C[C@H](CC(=O)[C@H](CC(=O)OC(C)(C)C)NC(=O)[C@H](COC(C)(C)C)CC(=O)[C@@H](NC(=O)[C@@](C)(CC(=O)[C@@H](NC(=O)CCC(=O)[C@@H](N)CCC(N)=O)[C@@H](C)OC(C)(C)C)Cc3ccccc3F)[C@@H](C)OC(C)(C)C)C(=O)N[C@@H](CCCc3cc(C)cc(C)c3)C(=O)CC(c3ccc(OCC(N)=O)cc3)c3ccc(OC)cc3OC)cc2)c(CC)c1.S. The van der Waals surface area contributed by atoms with Crippen LogP contribution in [0.25, 0.3) is 11.1 Å². The molecule has 29 heteroatoms. The van der Waals surface area contributed by atoms with Gasteiger partial charge in [-0.15, -0.1) is 0 Å². The normalized spacial score (nSPS) is 14.5. The number of nitrogens with one attached hydrogen (secondary N) is 4. The molecule has 0 aliphatic rings. The fourth-order valence-electron chi connectivity index (χ4n) is 16.1. The lowest BCUT2D eigenvalue weighted by molar-refractivity contribution is -0.157. The molecular weight excluding hydrogens is 1730 g/mol. The van der Waals surface area contributed by atoms with Gasteiger partial charge < -0.3 is 76.4 Å². The summed E-state index contributed by atoms with van der Waals surface area (Å²) in [5.74, 6) is -11.3. The lowest BCUT2D eigenvalue weighted by Gasteiger charge is -2.36. The largest absolute Gasteiger partial charge is 0.497 e. The van der Waals surface area contributed by atoms with Crippen molar-refractivity contribution < 1.29 is 99.8 Å². The van der Waals surface area contributed by atoms with Gasteiger partial charge in [0.25, 0.3) is 5.91 Å². The number of hydrogen-bond acceptors (Lipinski definition) is 21. The summed E-state index contributed by atoms with van der Waals surface area (Å²) in [6, 6.07) is 30.1. The summed E-state index contributed by atoms with van der Waals surface area (Å²) in [5, 5.41) is 11.5. The second-order valence-electron chi connectivity index (χ2n) is 39.2. The Bertz CT molecular complexity index is 4920. The van der Waals surface area contributed by atoms with E-state index in [0.717, 1.165) is 58.4 Å². The number of hydrogen-bond donors (Lipinski definition) is 7. The molecule has 6 rings (SSSR count). The molecule has 6 amide bonds. The van der Waals surface area contributed by atoms with E-state index in [9.17, 15) is 24.0 Å². The van der Waals surface area contributed by atoms with Gasteiger partial charge in [0, 0.05) is 68.4 Å². The van der Waals surface area contributed by atoms with Crippen LogP contribution in [0.2, 0.25) is 0 Å². The van der Waals surface area contributed by atoms with E-state index in [1.807, 2.05) is 56.3 Å². The summed E-state index contributed by atoms with van der Waals surface area (Å²) in [7, 11) is 3.01. The third-order valence-electron chi connectivity index (χ3n) is 22.6. The number of ketones is 5. The number of carbonyl (C=O) groups excluding carboxylic acids is 12. The average Bonchev–Trinajstić information content (AvgIpc) is 0.803. The minimum absolute atomic E-state index is 0. The van der Waals surface area contributed by atoms with E-state index in [1.165, 1.54) is 46.3 Å². The Hall–Kier alpha value is -10.7. The highest BCUT2D eigenvalue weighted by Crippen LogP contribution is 2.40. The van der Waals surface area contributed by atoms with Crippen LogP contribution in [0.1, 0.15) is 258 Å². The number of unbranched alkanes of at least 4 members (excludes halogenated alkanes) is 2. The summed E-state index contributed by atoms with van der Waals surface area (Å²) in [6.07, 6.45) is -2.30. The van der Waals surface area contributed by atoms with Gasteiger partial charge >= 0.3 is 5.97 Å². The molecule has 10 N–H and O–H groups in total. The maximum Gasteiger partial charge on any atom is 0.308 e. The van der Waals surface area contributed by atoms with E-state index >= 15 is 38.0 Å². The van der Waals surface area contributed by atoms with Crippen molar-refractivity contribution in [1.29, 1.82) is 0 Å². The first kappa shape index (κ1) is 114. The number of rotatable bonds is 56. The molecule has 0 aliphatic carbocycles. The number of Topliss-reactive ketones (excluding diaryl/α,β-unsaturated/α-hetero) is 5. The van der Waals surface area contributed by atoms with E-state index in [1.54, 1.807) is 139 Å². The summed E-state index contributed by atoms with van der Waals surface area (Å²) >= 11 is 0. The van der Waals surface area contributed by atoms with Gasteiger partial charge in [-0.1, -0.05) is 130 Å². The number of benzene rings is 6. The van der Waals surface area contributed by atoms with Crippen LogP contribution < -0.4 is 57.4 Å². The second kappa shape index (κ2) is 53.0. The Morgan fingerprint density at radius 1 is 0.507 bits per heavy atom. The molecule has 6 aromatic rings. The van der Waals surface area contributed by atoms with Gasteiger partial charge in [-0.25, -0.2) is 4.39 Å². The maximum atomic E-state index is 16.1. The van der Waals surface area contributed by atoms with Crippen LogP contribution in [0.5, 0.6) is 23.0 Å². The third kappa shape index (κ3) is 38.9. The highest BCUT2D eigenvalue weighted by atomic mass is 32.1. The molecule has 0 aromatic heterocycles. The van der Waals surface area contributed by atoms with Gasteiger partial charge in [-0.3, -0.25) is 57.5 Å². The number of methoxy groups -OCH3 is 2. The minimum Gasteiger partial charge on any atom is -0.497 e. The van der Waals surface area contributed by atoms with Crippen molar-refractivity contribution >= 4 is 83.8 Å². The third-order valence-corrected chi connectivity index (χ3v) is 22.6. The number of carbonyl (C=O) groups is 12. The zero-order valence-corrected chi connectivity index (χ0v) is 83.5. The molecule has 0 spiro atoms. The number of esters is 1. The zero-order chi connectivity index (χ0) is 99.0. The van der Waals surface area contributed by atoms with Crippen LogP contribution in [0.4, 0.5) is 4.39 Å². The molecule has 0 saturated carbocycles. The zero-order valence-electron chi connectivity index (χ0n) is 82.5. The van der Waals surface area contributed by atoms with Crippen molar-refractivity contribution in [3.63, 3.8) is 0 Å². The van der Waals surface area contributed by atoms with Gasteiger partial charge in [0.15, 0.2) is 29.7 Å². The molecule has 0 fully saturated rings. The number of aryl methyl sites for hydroxylation is 4. The molecule has 11 atom stereocenters. The lowest BCUT2D eigenvalue weighted by atomic mass is 9.76. The molecule has 0 bridgehead atoms. The van der Waals surface area contributed by atoms with Crippen molar-refractivity contribution in [1.82, 2.24) is 21.3 Å². The molecule has 134 heavy (non-hydrogen) atoms. The smallest absolute Gasteiger partial charge is 0.308 e. The fraction of sp³-hybridized carbons (Fsp3) is 0.543. The van der Waals surface area contributed by atoms with E-state index in [4.69, 9.17) is 55.1 Å². The van der Waals surface area contributed by atoms with Gasteiger partial charge in [0.05, 0.1) is 92.3 Å². The van der Waals surface area contributed by atoms with E-state index in [2.05, 4.69) is 53.3 Å². The molecule has 6 aromatic carbocycles. The van der Waals surface area contributed by atoms with E-state index < -0.39 is 203 Å². The predicted octanol–water partition coefficient (Wildman–Crippen LogP) is 14.8. The second-order valence-corrected chi connectivity index (χ2v) is 39.2. The van der Waals surface area contributed by atoms with Crippen LogP contribution in [0, 0.1) is 36.9 Å². The predicted molar refractivity (Wildman–Crippen MR) is 521 cm³/mol. The summed E-state index contributed by atoms with van der Waals surface area (Å²) in [5.41, 5.74) is 18.5.